The molecule has 0 heterocycles. The molecule has 1 N–H and O–H groups in total. The first-order valence-electron chi connectivity index (χ1n) is 10.4. The van der Waals surface area contributed by atoms with Gasteiger partial charge in [-0.1, -0.05) is 63.2 Å². The predicted molar refractivity (Wildman–Crippen MR) is 125 cm³/mol. The van der Waals surface area contributed by atoms with Crippen molar-refractivity contribution in [2.45, 2.75) is 40.0 Å². The number of ether oxygens (including phenoxy) is 1. The average Bonchev–Trinajstić information content (AvgIpc) is 2.71. The largest absolute Gasteiger partial charge is 0.484 e. The minimum atomic E-state index is -0.279. The summed E-state index contributed by atoms with van der Waals surface area (Å²) in [6, 6.07) is 20.5. The van der Waals surface area contributed by atoms with Crippen LogP contribution in [0.1, 0.15) is 53.4 Å². The molecule has 0 bridgehead atoms. The first-order valence-corrected chi connectivity index (χ1v) is 10.4. The predicted octanol–water partition coefficient (Wildman–Crippen LogP) is 5.85. The van der Waals surface area contributed by atoms with Gasteiger partial charge in [0.2, 0.25) is 0 Å². The lowest BCUT2D eigenvalue weighted by molar-refractivity contribution is -0.118. The van der Waals surface area contributed by atoms with Crippen molar-refractivity contribution >= 4 is 17.4 Å². The maximum absolute atomic E-state index is 12.9. The van der Waals surface area contributed by atoms with Crippen molar-refractivity contribution in [3.63, 3.8) is 0 Å². The van der Waals surface area contributed by atoms with E-state index in [4.69, 9.17) is 4.74 Å². The van der Waals surface area contributed by atoms with Crippen LogP contribution in [0.5, 0.6) is 5.75 Å². The number of ketones is 1. The molecule has 0 radical (unpaired) electrons. The number of anilines is 1. The second kappa shape index (κ2) is 9.17. The van der Waals surface area contributed by atoms with Crippen molar-refractivity contribution in [3.8, 4) is 5.75 Å². The molecular weight excluding hydrogens is 386 g/mol. The number of rotatable bonds is 6. The zero-order chi connectivity index (χ0) is 22.6. The van der Waals surface area contributed by atoms with Gasteiger partial charge in [-0.15, -0.1) is 0 Å². The van der Waals surface area contributed by atoms with Gasteiger partial charge in [0.1, 0.15) is 5.75 Å². The Morgan fingerprint density at radius 1 is 0.839 bits per heavy atom. The number of aryl methyl sites for hydroxylation is 2. The average molecular weight is 416 g/mol. The van der Waals surface area contributed by atoms with Crippen molar-refractivity contribution in [2.24, 2.45) is 0 Å². The molecule has 4 nitrogen and oxygen atoms in total. The van der Waals surface area contributed by atoms with Gasteiger partial charge in [0.15, 0.2) is 12.4 Å². The van der Waals surface area contributed by atoms with E-state index in [1.54, 1.807) is 24.3 Å². The number of carbonyl (C=O) groups excluding carboxylic acids is 2. The molecule has 0 aliphatic heterocycles. The topological polar surface area (TPSA) is 55.4 Å². The Kier molecular flexibility index (Phi) is 6.59. The molecule has 0 atom stereocenters. The summed E-state index contributed by atoms with van der Waals surface area (Å²) in [6.45, 7) is 10.3. The molecule has 0 aliphatic carbocycles. The van der Waals surface area contributed by atoms with Crippen molar-refractivity contribution in [1.82, 2.24) is 0 Å². The summed E-state index contributed by atoms with van der Waals surface area (Å²) in [5, 5.41) is 2.80. The summed E-state index contributed by atoms with van der Waals surface area (Å²) in [5.74, 6) is 0.302. The van der Waals surface area contributed by atoms with Gasteiger partial charge in [-0.3, -0.25) is 9.59 Å². The zero-order valence-corrected chi connectivity index (χ0v) is 18.8. The molecule has 3 aromatic rings. The number of hydrogen-bond donors (Lipinski definition) is 1. The van der Waals surface area contributed by atoms with Crippen LogP contribution >= 0.6 is 0 Å². The van der Waals surface area contributed by atoms with Gasteiger partial charge in [-0.25, -0.2) is 0 Å². The van der Waals surface area contributed by atoms with E-state index < -0.39 is 0 Å². The SMILES string of the molecule is Cc1cc(C)cc(OCC(=O)Nc2cccc(C(=O)c3ccc(C(C)(C)C)cc3)c2)c1. The van der Waals surface area contributed by atoms with E-state index in [-0.39, 0.29) is 23.7 Å². The van der Waals surface area contributed by atoms with Crippen molar-refractivity contribution in [1.29, 1.82) is 0 Å². The quantitative estimate of drug-likeness (QED) is 0.514. The smallest absolute Gasteiger partial charge is 0.262 e. The molecule has 1 amide bonds. The number of amides is 1. The maximum atomic E-state index is 12.9. The van der Waals surface area contributed by atoms with Crippen LogP contribution in [0.25, 0.3) is 0 Å². The van der Waals surface area contributed by atoms with Crippen LogP contribution < -0.4 is 10.1 Å². The third kappa shape index (κ3) is 6.05. The number of benzene rings is 3. The van der Waals surface area contributed by atoms with Crippen molar-refractivity contribution in [2.75, 3.05) is 11.9 Å². The van der Waals surface area contributed by atoms with Gasteiger partial charge in [0, 0.05) is 16.8 Å². The van der Waals surface area contributed by atoms with Gasteiger partial charge >= 0.3 is 0 Å². The van der Waals surface area contributed by atoms with Gasteiger partial charge in [-0.2, -0.15) is 0 Å². The van der Waals surface area contributed by atoms with Crippen LogP contribution in [0.4, 0.5) is 5.69 Å². The number of carbonyl (C=O) groups is 2. The summed E-state index contributed by atoms with van der Waals surface area (Å²) in [6.07, 6.45) is 0. The normalized spacial score (nSPS) is 11.1. The third-order valence-electron chi connectivity index (χ3n) is 4.99. The molecular formula is C27H29NO3. The Hall–Kier alpha value is -3.40. The lowest BCUT2D eigenvalue weighted by Gasteiger charge is -2.19. The van der Waals surface area contributed by atoms with E-state index in [9.17, 15) is 9.59 Å². The highest BCUT2D eigenvalue weighted by molar-refractivity contribution is 6.09. The second-order valence-corrected chi connectivity index (χ2v) is 8.90. The van der Waals surface area contributed by atoms with Gasteiger partial charge in [0.05, 0.1) is 0 Å². The summed E-state index contributed by atoms with van der Waals surface area (Å²) in [7, 11) is 0. The third-order valence-corrected chi connectivity index (χ3v) is 4.99. The standard InChI is InChI=1S/C27H29NO3/c1-18-13-19(2)15-24(14-18)31-17-25(29)28-23-8-6-7-21(16-23)26(30)20-9-11-22(12-10-20)27(3,4)5/h6-16H,17H2,1-5H3,(H,28,29). The molecule has 0 saturated heterocycles. The molecule has 0 spiro atoms. The lowest BCUT2D eigenvalue weighted by Crippen LogP contribution is -2.20. The van der Waals surface area contributed by atoms with Crippen LogP contribution in [-0.4, -0.2) is 18.3 Å². The van der Waals surface area contributed by atoms with Crippen LogP contribution in [0.3, 0.4) is 0 Å². The van der Waals surface area contributed by atoms with E-state index >= 15 is 0 Å². The number of hydrogen-bond acceptors (Lipinski definition) is 3. The molecule has 160 valence electrons. The Morgan fingerprint density at radius 2 is 1.48 bits per heavy atom. The molecule has 0 aromatic heterocycles. The van der Waals surface area contributed by atoms with Gasteiger partial charge in [0.25, 0.3) is 5.91 Å². The molecule has 0 aliphatic rings. The summed E-state index contributed by atoms with van der Waals surface area (Å²) < 4.78 is 5.61. The van der Waals surface area contributed by atoms with E-state index in [1.165, 1.54) is 5.56 Å². The summed E-state index contributed by atoms with van der Waals surface area (Å²) in [4.78, 5) is 25.2. The Bertz CT molecular complexity index is 1070. The highest BCUT2D eigenvalue weighted by atomic mass is 16.5. The van der Waals surface area contributed by atoms with Gasteiger partial charge < -0.3 is 10.1 Å². The maximum Gasteiger partial charge on any atom is 0.262 e. The molecule has 4 heteroatoms. The van der Waals surface area contributed by atoms with Gasteiger partial charge in [-0.05, 0) is 60.2 Å². The van der Waals surface area contributed by atoms with Crippen LogP contribution in [-0.2, 0) is 10.2 Å². The summed E-state index contributed by atoms with van der Waals surface area (Å²) in [5.41, 5.74) is 5.07. The molecule has 3 aromatic carbocycles. The monoisotopic (exact) mass is 415 g/mol. The first-order chi connectivity index (χ1) is 14.6. The minimum absolute atomic E-state index is 0.0327. The fraction of sp³-hybridized carbons (Fsp3) is 0.259. The van der Waals surface area contributed by atoms with Crippen LogP contribution in [0.2, 0.25) is 0 Å². The molecule has 0 fully saturated rings. The Labute approximate surface area is 184 Å². The molecule has 0 unspecified atom stereocenters. The number of nitrogens with one attached hydrogen (secondary N) is 1. The Morgan fingerprint density at radius 3 is 2.10 bits per heavy atom. The second-order valence-electron chi connectivity index (χ2n) is 8.90. The Balaban J connectivity index is 1.65. The molecule has 31 heavy (non-hydrogen) atoms. The highest BCUT2D eigenvalue weighted by Crippen LogP contribution is 2.23. The first kappa shape index (κ1) is 22.3. The fourth-order valence-electron chi connectivity index (χ4n) is 3.39. The lowest BCUT2D eigenvalue weighted by atomic mass is 9.86. The van der Waals surface area contributed by atoms with E-state index in [0.29, 0.717) is 22.6 Å². The molecule has 3 rings (SSSR count). The summed E-state index contributed by atoms with van der Waals surface area (Å²) >= 11 is 0. The van der Waals surface area contributed by atoms with Crippen LogP contribution in [0, 0.1) is 13.8 Å². The fourth-order valence-corrected chi connectivity index (χ4v) is 3.39. The van der Waals surface area contributed by atoms with Crippen molar-refractivity contribution < 1.29 is 14.3 Å². The zero-order valence-electron chi connectivity index (χ0n) is 18.8. The highest BCUT2D eigenvalue weighted by Gasteiger charge is 2.15. The van der Waals surface area contributed by atoms with Crippen LogP contribution in [0.15, 0.2) is 66.7 Å². The van der Waals surface area contributed by atoms with E-state index in [0.717, 1.165) is 11.1 Å². The minimum Gasteiger partial charge on any atom is -0.484 e. The van der Waals surface area contributed by atoms with E-state index in [2.05, 4.69) is 26.1 Å². The van der Waals surface area contributed by atoms with E-state index in [1.807, 2.05) is 56.3 Å². The molecule has 0 saturated carbocycles. The van der Waals surface area contributed by atoms with Crippen molar-refractivity contribution in [3.05, 3.63) is 94.5 Å².